The largest absolute Gasteiger partial charge is 0.493 e. The Morgan fingerprint density at radius 3 is 2.60 bits per heavy atom. The Balaban J connectivity index is 2.10. The molecule has 0 heterocycles. The average molecular weight is 449 g/mol. The molecule has 0 unspecified atom stereocenters. The maximum Gasteiger partial charge on any atom is 0.317 e. The van der Waals surface area contributed by atoms with E-state index in [-0.39, 0.29) is 6.54 Å². The van der Waals surface area contributed by atoms with Crippen LogP contribution in [-0.4, -0.2) is 24.7 Å². The number of aliphatic carboxylic acids is 1. The highest BCUT2D eigenvalue weighted by Crippen LogP contribution is 2.34. The van der Waals surface area contributed by atoms with E-state index in [0.717, 1.165) is 15.6 Å². The van der Waals surface area contributed by atoms with Gasteiger partial charge < -0.3 is 19.9 Å². The van der Waals surface area contributed by atoms with Gasteiger partial charge in [0.15, 0.2) is 11.5 Å². The van der Waals surface area contributed by atoms with Gasteiger partial charge in [-0.1, -0.05) is 45.2 Å². The van der Waals surface area contributed by atoms with E-state index in [2.05, 4.69) is 21.2 Å². The van der Waals surface area contributed by atoms with Crippen LogP contribution in [0.15, 0.2) is 34.8 Å². The van der Waals surface area contributed by atoms with Gasteiger partial charge in [-0.2, -0.15) is 0 Å². The highest BCUT2D eigenvalue weighted by molar-refractivity contribution is 9.10. The molecule has 5 nitrogen and oxygen atoms in total. The van der Waals surface area contributed by atoms with E-state index in [9.17, 15) is 4.79 Å². The quantitative estimate of drug-likeness (QED) is 0.621. The van der Waals surface area contributed by atoms with Crippen molar-refractivity contribution in [3.8, 4) is 11.5 Å². The molecular weight excluding hydrogens is 433 g/mol. The monoisotopic (exact) mass is 447 g/mol. The molecule has 0 aliphatic carbocycles. The maximum absolute atomic E-state index is 10.6. The fourth-order valence-electron chi connectivity index (χ4n) is 2.08. The summed E-state index contributed by atoms with van der Waals surface area (Å²) in [5.41, 5.74) is 1.74. The summed E-state index contributed by atoms with van der Waals surface area (Å²) in [5, 5.41) is 12.5. The van der Waals surface area contributed by atoms with E-state index >= 15 is 0 Å². The third-order valence-corrected chi connectivity index (χ3v) is 4.78. The van der Waals surface area contributed by atoms with E-state index in [1.54, 1.807) is 31.4 Å². The van der Waals surface area contributed by atoms with Gasteiger partial charge in [-0.3, -0.25) is 4.79 Å². The van der Waals surface area contributed by atoms with E-state index in [4.69, 9.17) is 37.8 Å². The summed E-state index contributed by atoms with van der Waals surface area (Å²) < 4.78 is 12.0. The second-order valence-electron chi connectivity index (χ2n) is 5.13. The van der Waals surface area contributed by atoms with E-state index in [0.29, 0.717) is 34.7 Å². The number of ether oxygens (including phenoxy) is 2. The van der Waals surface area contributed by atoms with Crippen molar-refractivity contribution in [1.29, 1.82) is 0 Å². The smallest absolute Gasteiger partial charge is 0.317 e. The van der Waals surface area contributed by atoms with Crippen LogP contribution in [0, 0.1) is 0 Å². The van der Waals surface area contributed by atoms with Gasteiger partial charge in [0.05, 0.1) is 23.7 Å². The number of nitrogens with one attached hydrogen (secondary N) is 1. The summed E-state index contributed by atoms with van der Waals surface area (Å²) in [6.07, 6.45) is 0. The van der Waals surface area contributed by atoms with Crippen LogP contribution in [0.5, 0.6) is 11.5 Å². The highest BCUT2D eigenvalue weighted by atomic mass is 79.9. The predicted octanol–water partition coefficient (Wildman–Crippen LogP) is 4.52. The first-order chi connectivity index (χ1) is 11.9. The summed E-state index contributed by atoms with van der Waals surface area (Å²) >= 11 is 15.4. The molecule has 2 rings (SSSR count). The lowest BCUT2D eigenvalue weighted by Crippen LogP contribution is -2.22. The molecule has 0 bridgehead atoms. The Kier molecular flexibility index (Phi) is 7.38. The molecule has 0 radical (unpaired) electrons. The molecule has 8 heteroatoms. The molecule has 0 amide bonds. The van der Waals surface area contributed by atoms with Gasteiger partial charge in [0, 0.05) is 11.0 Å². The Morgan fingerprint density at radius 2 is 1.96 bits per heavy atom. The molecule has 0 saturated heterocycles. The topological polar surface area (TPSA) is 67.8 Å². The van der Waals surface area contributed by atoms with Crippen LogP contribution in [0.2, 0.25) is 10.0 Å². The summed E-state index contributed by atoms with van der Waals surface area (Å²) in [6, 6.07) is 8.87. The lowest BCUT2D eigenvalue weighted by atomic mass is 10.2. The molecular formula is C17H16BrCl2NO4. The van der Waals surface area contributed by atoms with Crippen molar-refractivity contribution < 1.29 is 19.4 Å². The van der Waals surface area contributed by atoms with Crippen LogP contribution in [0.25, 0.3) is 0 Å². The van der Waals surface area contributed by atoms with Crippen molar-refractivity contribution in [2.24, 2.45) is 0 Å². The average Bonchev–Trinajstić information content (AvgIpc) is 2.57. The molecule has 0 atom stereocenters. The first-order valence-electron chi connectivity index (χ1n) is 7.26. The molecule has 0 aliphatic heterocycles. The van der Waals surface area contributed by atoms with Crippen molar-refractivity contribution >= 4 is 45.1 Å². The normalized spacial score (nSPS) is 10.6. The van der Waals surface area contributed by atoms with Crippen LogP contribution < -0.4 is 14.8 Å². The molecule has 134 valence electrons. The van der Waals surface area contributed by atoms with Crippen molar-refractivity contribution in [3.05, 3.63) is 56.0 Å². The second kappa shape index (κ2) is 9.29. The number of benzene rings is 2. The molecule has 0 aliphatic rings. The van der Waals surface area contributed by atoms with Crippen LogP contribution in [0.3, 0.4) is 0 Å². The third-order valence-electron chi connectivity index (χ3n) is 3.30. The molecule has 0 aromatic heterocycles. The molecule has 0 saturated carbocycles. The summed E-state index contributed by atoms with van der Waals surface area (Å²) in [6.45, 7) is 0.566. The van der Waals surface area contributed by atoms with E-state index in [1.807, 2.05) is 6.07 Å². The van der Waals surface area contributed by atoms with Gasteiger partial charge >= 0.3 is 5.97 Å². The first-order valence-corrected chi connectivity index (χ1v) is 8.81. The molecule has 0 spiro atoms. The zero-order valence-corrected chi connectivity index (χ0v) is 16.4. The Hall–Kier alpha value is -1.47. The highest BCUT2D eigenvalue weighted by Gasteiger charge is 2.11. The Morgan fingerprint density at radius 1 is 1.20 bits per heavy atom. The molecule has 2 N–H and O–H groups in total. The minimum Gasteiger partial charge on any atom is -0.493 e. The fraction of sp³-hybridized carbons (Fsp3) is 0.235. The van der Waals surface area contributed by atoms with Crippen LogP contribution in [0.4, 0.5) is 0 Å². The summed E-state index contributed by atoms with van der Waals surface area (Å²) in [5.74, 6) is 0.197. The third kappa shape index (κ3) is 5.78. The minimum absolute atomic E-state index is 0.121. The van der Waals surface area contributed by atoms with E-state index in [1.165, 1.54) is 0 Å². The first kappa shape index (κ1) is 19.8. The molecule has 25 heavy (non-hydrogen) atoms. The van der Waals surface area contributed by atoms with Gasteiger partial charge in [-0.05, 0) is 35.4 Å². The number of hydrogen-bond acceptors (Lipinski definition) is 4. The lowest BCUT2D eigenvalue weighted by Gasteiger charge is -2.14. The zero-order chi connectivity index (χ0) is 18.4. The predicted molar refractivity (Wildman–Crippen MR) is 101 cm³/mol. The molecule has 2 aromatic rings. The second-order valence-corrected chi connectivity index (χ2v) is 6.80. The number of halogens is 3. The van der Waals surface area contributed by atoms with Crippen molar-refractivity contribution in [3.63, 3.8) is 0 Å². The van der Waals surface area contributed by atoms with Gasteiger partial charge in [-0.15, -0.1) is 0 Å². The van der Waals surface area contributed by atoms with Crippen molar-refractivity contribution in [2.45, 2.75) is 13.2 Å². The van der Waals surface area contributed by atoms with Crippen molar-refractivity contribution in [2.75, 3.05) is 13.7 Å². The van der Waals surface area contributed by atoms with Gasteiger partial charge in [-0.25, -0.2) is 0 Å². The van der Waals surface area contributed by atoms with Crippen molar-refractivity contribution in [1.82, 2.24) is 5.32 Å². The van der Waals surface area contributed by atoms with Gasteiger partial charge in [0.25, 0.3) is 0 Å². The summed E-state index contributed by atoms with van der Waals surface area (Å²) in [7, 11) is 1.55. The number of carbonyl (C=O) groups is 1. The minimum atomic E-state index is -0.912. The SMILES string of the molecule is COc1cc(CNCC(=O)O)c(Br)cc1OCc1ccc(Cl)c(Cl)c1. The zero-order valence-electron chi connectivity index (χ0n) is 13.3. The van der Waals surface area contributed by atoms with Crippen LogP contribution >= 0.6 is 39.1 Å². The van der Waals surface area contributed by atoms with E-state index < -0.39 is 5.97 Å². The number of carboxylic acid groups (broad SMARTS) is 1. The van der Waals surface area contributed by atoms with Crippen LogP contribution in [0.1, 0.15) is 11.1 Å². The molecule has 0 fully saturated rings. The number of rotatable bonds is 8. The summed E-state index contributed by atoms with van der Waals surface area (Å²) in [4.78, 5) is 10.6. The molecule has 2 aromatic carbocycles. The van der Waals surface area contributed by atoms with Gasteiger partial charge in [0.2, 0.25) is 0 Å². The Bertz CT molecular complexity index is 771. The lowest BCUT2D eigenvalue weighted by molar-refractivity contribution is -0.135. The standard InChI is InChI=1S/C17H16BrCl2NO4/c1-24-15-5-11(7-21-8-17(22)23)12(18)6-16(15)25-9-10-2-3-13(19)14(20)4-10/h2-6,21H,7-9H2,1H3,(H,22,23). The van der Waals surface area contributed by atoms with Gasteiger partial charge in [0.1, 0.15) is 6.61 Å². The number of carboxylic acids is 1. The maximum atomic E-state index is 10.6. The number of methoxy groups -OCH3 is 1. The van der Waals surface area contributed by atoms with Crippen LogP contribution in [-0.2, 0) is 17.9 Å². The Labute approximate surface area is 164 Å². The number of hydrogen-bond donors (Lipinski definition) is 2. The fourth-order valence-corrected chi connectivity index (χ4v) is 2.86.